The van der Waals surface area contributed by atoms with Gasteiger partial charge in [-0.1, -0.05) is 29.8 Å². The minimum Gasteiger partial charge on any atom is -0.490 e. The largest absolute Gasteiger partial charge is 0.490 e. The Morgan fingerprint density at radius 1 is 1.09 bits per heavy atom. The van der Waals surface area contributed by atoms with Gasteiger partial charge in [0.2, 0.25) is 0 Å². The van der Waals surface area contributed by atoms with Crippen molar-refractivity contribution in [2.75, 3.05) is 24.7 Å². The molecular weight excluding hydrogens is 464 g/mol. The zero-order chi connectivity index (χ0) is 24.8. The third kappa shape index (κ3) is 5.37. The number of amides is 4. The molecule has 4 amide bonds. The average molecular weight is 487 g/mol. The van der Waals surface area contributed by atoms with Gasteiger partial charge in [-0.25, -0.2) is 14.5 Å². The van der Waals surface area contributed by atoms with Crippen molar-refractivity contribution in [2.45, 2.75) is 20.8 Å². The monoisotopic (exact) mass is 486 g/mol. The molecule has 1 aliphatic rings. The van der Waals surface area contributed by atoms with Crippen LogP contribution in [0.3, 0.4) is 0 Å². The van der Waals surface area contributed by atoms with E-state index < -0.39 is 23.8 Å². The molecule has 1 saturated heterocycles. The topological polar surface area (TPSA) is 111 Å². The zero-order valence-electron chi connectivity index (χ0n) is 18.8. The Labute approximate surface area is 201 Å². The summed E-state index contributed by atoms with van der Waals surface area (Å²) in [5.74, 6) is -1.86. The third-order valence-corrected chi connectivity index (χ3v) is 5.02. The maximum atomic E-state index is 13.1. The minimum absolute atomic E-state index is 0.0950. The number of nitrogens with one attached hydrogen (secondary N) is 1. The molecule has 3 rings (SSSR count). The number of hydrogen-bond donors (Lipinski definition) is 1. The lowest BCUT2D eigenvalue weighted by molar-refractivity contribution is -0.145. The van der Waals surface area contributed by atoms with Crippen molar-refractivity contribution in [3.05, 3.63) is 58.1 Å². The van der Waals surface area contributed by atoms with Gasteiger partial charge in [0, 0.05) is 0 Å². The van der Waals surface area contributed by atoms with Gasteiger partial charge in [-0.05, 0) is 56.2 Å². The average Bonchev–Trinajstić information content (AvgIpc) is 2.77. The zero-order valence-corrected chi connectivity index (χ0v) is 19.6. The minimum atomic E-state index is -0.837. The molecule has 10 heteroatoms. The Hall–Kier alpha value is -3.85. The van der Waals surface area contributed by atoms with E-state index in [9.17, 15) is 19.2 Å². The Balaban J connectivity index is 1.97. The summed E-state index contributed by atoms with van der Waals surface area (Å²) in [7, 11) is 0. The number of ether oxygens (including phenoxy) is 3. The Bertz CT molecular complexity index is 1180. The predicted octanol–water partition coefficient (Wildman–Crippen LogP) is 3.66. The van der Waals surface area contributed by atoms with Crippen molar-refractivity contribution in [3.8, 4) is 11.5 Å². The molecule has 1 heterocycles. The van der Waals surface area contributed by atoms with Gasteiger partial charge in [0.1, 0.15) is 5.57 Å². The highest BCUT2D eigenvalue weighted by atomic mass is 35.5. The normalized spacial score (nSPS) is 14.8. The smallest absolute Gasteiger partial charge is 0.344 e. The molecule has 34 heavy (non-hydrogen) atoms. The molecule has 0 spiro atoms. The number of urea groups is 1. The van der Waals surface area contributed by atoms with Crippen LogP contribution in [0, 0.1) is 6.92 Å². The summed E-state index contributed by atoms with van der Waals surface area (Å²) in [6, 6.07) is 8.95. The Morgan fingerprint density at radius 3 is 2.50 bits per heavy atom. The molecule has 0 atom stereocenters. The number of carbonyl (C=O) groups excluding carboxylic acids is 4. The number of halogens is 1. The first-order valence-corrected chi connectivity index (χ1v) is 10.9. The first-order valence-electron chi connectivity index (χ1n) is 10.5. The summed E-state index contributed by atoms with van der Waals surface area (Å²) in [6.07, 6.45) is 1.30. The molecular formula is C24H23ClN2O7. The van der Waals surface area contributed by atoms with Crippen molar-refractivity contribution in [1.82, 2.24) is 5.32 Å². The van der Waals surface area contributed by atoms with Crippen LogP contribution in [0.5, 0.6) is 11.5 Å². The highest BCUT2D eigenvalue weighted by Crippen LogP contribution is 2.37. The standard InChI is InChI=1S/C24H23ClN2O7/c1-4-32-19-12-15(11-17(25)21(19)34-13-20(28)33-5-2)10-16-22(29)26-24(31)27(23(16)30)18-9-7-6-8-14(18)3/h6-12H,4-5,13H2,1-3H3,(H,26,29,31)/b16-10+. The van der Waals surface area contributed by atoms with Gasteiger partial charge in [-0.2, -0.15) is 0 Å². The first kappa shape index (κ1) is 24.8. The summed E-state index contributed by atoms with van der Waals surface area (Å²) in [4.78, 5) is 50.6. The van der Waals surface area contributed by atoms with E-state index in [-0.39, 0.29) is 41.9 Å². The molecule has 0 aliphatic carbocycles. The van der Waals surface area contributed by atoms with Gasteiger partial charge in [0.15, 0.2) is 18.1 Å². The van der Waals surface area contributed by atoms with Crippen LogP contribution in [0.25, 0.3) is 6.08 Å². The van der Waals surface area contributed by atoms with E-state index in [1.165, 1.54) is 18.2 Å². The molecule has 2 aromatic rings. The number of barbiturate groups is 1. The molecule has 0 radical (unpaired) electrons. The molecule has 2 aromatic carbocycles. The second-order valence-corrected chi connectivity index (χ2v) is 7.51. The summed E-state index contributed by atoms with van der Waals surface area (Å²) < 4.78 is 15.9. The number of imide groups is 2. The highest BCUT2D eigenvalue weighted by molar-refractivity contribution is 6.39. The lowest BCUT2D eigenvalue weighted by atomic mass is 10.1. The maximum absolute atomic E-state index is 13.1. The first-order chi connectivity index (χ1) is 16.3. The number of aryl methyl sites for hydroxylation is 1. The number of esters is 1. The fourth-order valence-electron chi connectivity index (χ4n) is 3.27. The van der Waals surface area contributed by atoms with Gasteiger partial charge in [0.25, 0.3) is 11.8 Å². The molecule has 178 valence electrons. The fourth-order valence-corrected chi connectivity index (χ4v) is 3.54. The SMILES string of the molecule is CCOC(=O)COc1c(Cl)cc(/C=C2\C(=O)NC(=O)N(c3ccccc3C)C2=O)cc1OCC. The van der Waals surface area contributed by atoms with Crippen LogP contribution in [0.4, 0.5) is 10.5 Å². The molecule has 1 aliphatic heterocycles. The number of carbonyl (C=O) groups is 4. The van der Waals surface area contributed by atoms with E-state index >= 15 is 0 Å². The number of para-hydroxylation sites is 1. The van der Waals surface area contributed by atoms with E-state index in [0.29, 0.717) is 16.8 Å². The van der Waals surface area contributed by atoms with Gasteiger partial charge < -0.3 is 14.2 Å². The van der Waals surface area contributed by atoms with Crippen molar-refractivity contribution < 1.29 is 33.4 Å². The number of hydrogen-bond acceptors (Lipinski definition) is 7. The van der Waals surface area contributed by atoms with Crippen LogP contribution in [0.2, 0.25) is 5.02 Å². The van der Waals surface area contributed by atoms with Crippen molar-refractivity contribution >= 4 is 47.2 Å². The third-order valence-electron chi connectivity index (χ3n) is 4.74. The number of anilines is 1. The number of nitrogens with zero attached hydrogens (tertiary/aromatic N) is 1. The number of benzene rings is 2. The lowest BCUT2D eigenvalue weighted by Crippen LogP contribution is -2.54. The summed E-state index contributed by atoms with van der Waals surface area (Å²) in [6.45, 7) is 5.27. The van der Waals surface area contributed by atoms with Crippen molar-refractivity contribution in [3.63, 3.8) is 0 Å². The second kappa shape index (κ2) is 10.8. The summed E-state index contributed by atoms with van der Waals surface area (Å²) in [5, 5.41) is 2.28. The second-order valence-electron chi connectivity index (χ2n) is 7.10. The van der Waals surface area contributed by atoms with Gasteiger partial charge in [-0.15, -0.1) is 0 Å². The van der Waals surface area contributed by atoms with Gasteiger partial charge >= 0.3 is 12.0 Å². The van der Waals surface area contributed by atoms with Crippen LogP contribution in [0.15, 0.2) is 42.0 Å². The lowest BCUT2D eigenvalue weighted by Gasteiger charge is -2.27. The van der Waals surface area contributed by atoms with Crippen molar-refractivity contribution in [2.24, 2.45) is 0 Å². The van der Waals surface area contributed by atoms with Crippen LogP contribution in [-0.4, -0.2) is 43.6 Å². The van der Waals surface area contributed by atoms with Gasteiger partial charge in [0.05, 0.1) is 23.9 Å². The predicted molar refractivity (Wildman–Crippen MR) is 125 cm³/mol. The summed E-state index contributed by atoms with van der Waals surface area (Å²) >= 11 is 6.35. The van der Waals surface area contributed by atoms with Crippen LogP contribution in [-0.2, 0) is 19.1 Å². The fraction of sp³-hybridized carbons (Fsp3) is 0.250. The van der Waals surface area contributed by atoms with Crippen molar-refractivity contribution in [1.29, 1.82) is 0 Å². The van der Waals surface area contributed by atoms with E-state index in [1.54, 1.807) is 45.0 Å². The van der Waals surface area contributed by atoms with Crippen LogP contribution < -0.4 is 19.7 Å². The molecule has 0 unspecified atom stereocenters. The quantitative estimate of drug-likeness (QED) is 0.344. The number of rotatable bonds is 8. The van der Waals surface area contributed by atoms with Gasteiger partial charge in [-0.3, -0.25) is 14.9 Å². The summed E-state index contributed by atoms with van der Waals surface area (Å²) in [5.41, 5.74) is 1.14. The molecule has 0 saturated carbocycles. The van der Waals surface area contributed by atoms with Crippen LogP contribution in [0.1, 0.15) is 25.0 Å². The molecule has 1 N–H and O–H groups in total. The van der Waals surface area contributed by atoms with E-state index in [2.05, 4.69) is 5.32 Å². The molecule has 1 fully saturated rings. The maximum Gasteiger partial charge on any atom is 0.344 e. The molecule has 0 bridgehead atoms. The van der Waals surface area contributed by atoms with Crippen LogP contribution >= 0.6 is 11.6 Å². The van der Waals surface area contributed by atoms with E-state index in [1.807, 2.05) is 0 Å². The highest BCUT2D eigenvalue weighted by Gasteiger charge is 2.37. The van der Waals surface area contributed by atoms with E-state index in [0.717, 1.165) is 4.90 Å². The van der Waals surface area contributed by atoms with E-state index in [4.69, 9.17) is 25.8 Å². The molecule has 0 aromatic heterocycles. The Kier molecular flexibility index (Phi) is 7.91. The molecule has 9 nitrogen and oxygen atoms in total. The Morgan fingerprint density at radius 2 is 1.82 bits per heavy atom.